The van der Waals surface area contributed by atoms with E-state index in [0.717, 1.165) is 16.2 Å². The molecule has 2 rings (SSSR count). The van der Waals surface area contributed by atoms with Crippen LogP contribution >= 0.6 is 11.3 Å². The average Bonchev–Trinajstić information content (AvgIpc) is 2.41. The van der Waals surface area contributed by atoms with Crippen molar-refractivity contribution >= 4 is 16.2 Å². The molecule has 0 unspecified atom stereocenters. The molecule has 0 amide bonds. The monoisotopic (exact) mass is 170 g/mol. The molecule has 2 aromatic heterocycles. The largest absolute Gasteiger partial charge is 0.496 e. The zero-order valence-electron chi connectivity index (χ0n) is 5.77. The van der Waals surface area contributed by atoms with Gasteiger partial charge in [-0.05, 0) is 6.92 Å². The number of nitrogens with zero attached hydrogens (tertiary/aromatic N) is 2. The summed E-state index contributed by atoms with van der Waals surface area (Å²) in [5.74, 6) is 0.550. The van der Waals surface area contributed by atoms with Crippen molar-refractivity contribution < 1.29 is 10.2 Å². The Morgan fingerprint density at radius 2 is 2.27 bits per heavy atom. The molecule has 0 bridgehead atoms. The summed E-state index contributed by atoms with van der Waals surface area (Å²) < 4.78 is 1.50. The minimum Gasteiger partial charge on any atom is -0.496 e. The Labute approximate surface area is 66.4 Å². The quantitative estimate of drug-likeness (QED) is 0.622. The van der Waals surface area contributed by atoms with Crippen molar-refractivity contribution in [2.75, 3.05) is 0 Å². The lowest BCUT2D eigenvalue weighted by Gasteiger charge is -1.90. The average molecular weight is 170 g/mol. The fraction of sp³-hybridized carbons (Fsp3) is 0.167. The number of imidazole rings is 1. The van der Waals surface area contributed by atoms with E-state index in [2.05, 4.69) is 4.98 Å². The highest BCUT2D eigenvalue weighted by molar-refractivity contribution is 7.19. The van der Waals surface area contributed by atoms with Crippen molar-refractivity contribution in [3.8, 4) is 10.9 Å². The van der Waals surface area contributed by atoms with Crippen molar-refractivity contribution in [3.63, 3.8) is 0 Å². The molecule has 4 nitrogen and oxygen atoms in total. The standard InChI is InChI=1S/C6H6N2O2S/c1-3-7-2-4-8(3)5(9)6(10)11-4/h2,9-10H,1H3. The Hall–Kier alpha value is -1.23. The fourth-order valence-corrected chi connectivity index (χ4v) is 1.79. The third-order valence-electron chi connectivity index (χ3n) is 1.51. The molecule has 58 valence electrons. The van der Waals surface area contributed by atoms with E-state index in [1.807, 2.05) is 0 Å². The molecule has 5 heteroatoms. The maximum atomic E-state index is 9.25. The van der Waals surface area contributed by atoms with Gasteiger partial charge >= 0.3 is 0 Å². The van der Waals surface area contributed by atoms with E-state index in [1.165, 1.54) is 4.40 Å². The van der Waals surface area contributed by atoms with Crippen LogP contribution in [0.2, 0.25) is 0 Å². The Balaban J connectivity index is 2.95. The van der Waals surface area contributed by atoms with Gasteiger partial charge in [0.05, 0.1) is 6.20 Å². The number of fused-ring (bicyclic) bond motifs is 1. The predicted octanol–water partition coefficient (Wildman–Crippen LogP) is 1.12. The van der Waals surface area contributed by atoms with Gasteiger partial charge in [0.1, 0.15) is 10.7 Å². The summed E-state index contributed by atoms with van der Waals surface area (Å²) in [4.78, 5) is 4.71. The summed E-state index contributed by atoms with van der Waals surface area (Å²) in [5, 5.41) is 18.3. The lowest BCUT2D eigenvalue weighted by atomic mass is 10.7. The highest BCUT2D eigenvalue weighted by Crippen LogP contribution is 2.35. The van der Waals surface area contributed by atoms with Crippen LogP contribution in [0.15, 0.2) is 6.20 Å². The van der Waals surface area contributed by atoms with Gasteiger partial charge in [0, 0.05) is 0 Å². The predicted molar refractivity (Wildman–Crippen MR) is 41.1 cm³/mol. The zero-order valence-corrected chi connectivity index (χ0v) is 6.59. The van der Waals surface area contributed by atoms with Crippen molar-refractivity contribution in [1.29, 1.82) is 0 Å². The summed E-state index contributed by atoms with van der Waals surface area (Å²) in [6, 6.07) is 0. The molecule has 0 aromatic carbocycles. The Morgan fingerprint density at radius 1 is 1.55 bits per heavy atom. The number of hydrogen-bond acceptors (Lipinski definition) is 4. The molecule has 0 radical (unpaired) electrons. The van der Waals surface area contributed by atoms with Gasteiger partial charge < -0.3 is 10.2 Å². The first-order chi connectivity index (χ1) is 5.20. The van der Waals surface area contributed by atoms with Gasteiger partial charge in [-0.25, -0.2) is 4.98 Å². The molecule has 0 saturated carbocycles. The molecule has 0 aliphatic heterocycles. The maximum absolute atomic E-state index is 9.25. The van der Waals surface area contributed by atoms with Crippen LogP contribution in [0.25, 0.3) is 4.83 Å². The topological polar surface area (TPSA) is 57.8 Å². The molecule has 0 spiro atoms. The van der Waals surface area contributed by atoms with Crippen LogP contribution in [0.1, 0.15) is 5.82 Å². The summed E-state index contributed by atoms with van der Waals surface area (Å²) in [5.41, 5.74) is 0. The molecule has 0 fully saturated rings. The number of thiazole rings is 1. The minimum absolute atomic E-state index is 0.0644. The van der Waals surface area contributed by atoms with Gasteiger partial charge in [0.15, 0.2) is 0 Å². The van der Waals surface area contributed by atoms with Crippen molar-refractivity contribution in [3.05, 3.63) is 12.0 Å². The second kappa shape index (κ2) is 1.88. The molecule has 0 aliphatic carbocycles. The molecule has 0 atom stereocenters. The fourth-order valence-electron chi connectivity index (χ4n) is 0.994. The van der Waals surface area contributed by atoms with E-state index in [-0.39, 0.29) is 10.9 Å². The van der Waals surface area contributed by atoms with E-state index < -0.39 is 0 Å². The lowest BCUT2D eigenvalue weighted by Crippen LogP contribution is -1.82. The van der Waals surface area contributed by atoms with Crippen molar-refractivity contribution in [2.24, 2.45) is 0 Å². The van der Waals surface area contributed by atoms with Gasteiger partial charge in [-0.15, -0.1) is 0 Å². The smallest absolute Gasteiger partial charge is 0.252 e. The van der Waals surface area contributed by atoms with Crippen LogP contribution in [0, 0.1) is 6.92 Å². The number of aryl methyl sites for hydroxylation is 1. The van der Waals surface area contributed by atoms with Gasteiger partial charge in [0.2, 0.25) is 5.06 Å². The molecular formula is C6H6N2O2S. The Morgan fingerprint density at radius 3 is 2.91 bits per heavy atom. The van der Waals surface area contributed by atoms with Crippen molar-refractivity contribution in [2.45, 2.75) is 6.92 Å². The molecule has 2 N–H and O–H groups in total. The maximum Gasteiger partial charge on any atom is 0.252 e. The van der Waals surface area contributed by atoms with Crippen molar-refractivity contribution in [1.82, 2.24) is 9.38 Å². The van der Waals surface area contributed by atoms with E-state index in [9.17, 15) is 5.11 Å². The highest BCUT2D eigenvalue weighted by atomic mass is 32.1. The van der Waals surface area contributed by atoms with Crippen LogP contribution in [-0.2, 0) is 0 Å². The van der Waals surface area contributed by atoms with Crippen LogP contribution < -0.4 is 0 Å². The Bertz CT molecular complexity index is 404. The third-order valence-corrected chi connectivity index (χ3v) is 2.38. The third kappa shape index (κ3) is 0.711. The van der Waals surface area contributed by atoms with Gasteiger partial charge in [-0.3, -0.25) is 4.40 Å². The first kappa shape index (κ1) is 6.48. The lowest BCUT2D eigenvalue weighted by molar-refractivity contribution is 0.395. The summed E-state index contributed by atoms with van der Waals surface area (Å²) >= 11 is 1.11. The molecule has 11 heavy (non-hydrogen) atoms. The summed E-state index contributed by atoms with van der Waals surface area (Å²) in [7, 11) is 0. The Kier molecular flexibility index (Phi) is 1.11. The molecule has 0 saturated heterocycles. The zero-order chi connectivity index (χ0) is 8.01. The van der Waals surface area contributed by atoms with Crippen LogP contribution in [0.3, 0.4) is 0 Å². The molecule has 2 aromatic rings. The molecule has 0 aliphatic rings. The van der Waals surface area contributed by atoms with Crippen LogP contribution in [0.4, 0.5) is 0 Å². The van der Waals surface area contributed by atoms with E-state index in [1.54, 1.807) is 13.1 Å². The highest BCUT2D eigenvalue weighted by Gasteiger charge is 2.11. The molecular weight excluding hydrogens is 164 g/mol. The van der Waals surface area contributed by atoms with E-state index in [0.29, 0.717) is 5.82 Å². The van der Waals surface area contributed by atoms with Gasteiger partial charge in [-0.1, -0.05) is 11.3 Å². The number of aromatic nitrogens is 2. The number of aromatic hydroxyl groups is 2. The van der Waals surface area contributed by atoms with Crippen LogP contribution in [-0.4, -0.2) is 19.6 Å². The first-order valence-electron chi connectivity index (χ1n) is 3.05. The number of rotatable bonds is 0. The first-order valence-corrected chi connectivity index (χ1v) is 3.86. The SMILES string of the molecule is Cc1ncc2sc(O)c(O)n12. The van der Waals surface area contributed by atoms with Crippen LogP contribution in [0.5, 0.6) is 10.9 Å². The second-order valence-electron chi connectivity index (χ2n) is 2.21. The molecule has 2 heterocycles. The number of hydrogen-bond donors (Lipinski definition) is 2. The van der Waals surface area contributed by atoms with Gasteiger partial charge in [-0.2, -0.15) is 0 Å². The summed E-state index contributed by atoms with van der Waals surface area (Å²) in [6.45, 7) is 1.76. The second-order valence-corrected chi connectivity index (χ2v) is 3.22. The normalized spacial score (nSPS) is 11.0. The van der Waals surface area contributed by atoms with Gasteiger partial charge in [0.25, 0.3) is 5.88 Å². The minimum atomic E-state index is -0.125. The van der Waals surface area contributed by atoms with E-state index in [4.69, 9.17) is 5.11 Å². The summed E-state index contributed by atoms with van der Waals surface area (Å²) in [6.07, 6.45) is 1.61. The van der Waals surface area contributed by atoms with E-state index >= 15 is 0 Å².